The van der Waals surface area contributed by atoms with Gasteiger partial charge in [-0.05, 0) is 42.3 Å². The van der Waals surface area contributed by atoms with Crippen LogP contribution in [0.3, 0.4) is 0 Å². The smallest absolute Gasteiger partial charge is 0.246 e. The summed E-state index contributed by atoms with van der Waals surface area (Å²) < 4.78 is 42.9. The molecule has 0 spiro atoms. The largest absolute Gasteiger partial charge is 0.495 e. The van der Waals surface area contributed by atoms with Crippen molar-refractivity contribution < 1.29 is 22.6 Å². The van der Waals surface area contributed by atoms with Crippen molar-refractivity contribution in [1.82, 2.24) is 4.31 Å². The van der Waals surface area contributed by atoms with Crippen LogP contribution in [0.15, 0.2) is 41.3 Å². The van der Waals surface area contributed by atoms with E-state index in [4.69, 9.17) is 14.2 Å². The lowest BCUT2D eigenvalue weighted by Crippen LogP contribution is -2.27. The average Bonchev–Trinajstić information content (AvgIpc) is 3.02. The van der Waals surface area contributed by atoms with Gasteiger partial charge in [0.25, 0.3) is 0 Å². The first kappa shape index (κ1) is 16.6. The molecule has 0 aliphatic carbocycles. The van der Waals surface area contributed by atoms with E-state index >= 15 is 0 Å². The molecule has 0 N–H and O–H groups in total. The second-order valence-electron chi connectivity index (χ2n) is 5.60. The van der Waals surface area contributed by atoms with Gasteiger partial charge in [-0.15, -0.1) is 0 Å². The minimum atomic E-state index is -3.68. The SMILES string of the molecule is COc1ccc(C)cc1S(=O)(=O)N(C)Cc1ccc2c(c1)OCO2. The lowest BCUT2D eigenvalue weighted by molar-refractivity contribution is 0.174. The molecule has 24 heavy (non-hydrogen) atoms. The summed E-state index contributed by atoms with van der Waals surface area (Å²) in [6.45, 7) is 2.25. The van der Waals surface area contributed by atoms with Crippen LogP contribution in [0.1, 0.15) is 11.1 Å². The van der Waals surface area contributed by atoms with E-state index < -0.39 is 10.0 Å². The summed E-state index contributed by atoms with van der Waals surface area (Å²) in [6, 6.07) is 10.5. The number of benzene rings is 2. The third-order valence-electron chi connectivity index (χ3n) is 3.85. The van der Waals surface area contributed by atoms with Crippen LogP contribution in [0.5, 0.6) is 17.2 Å². The fourth-order valence-electron chi connectivity index (χ4n) is 2.53. The molecule has 6 nitrogen and oxygen atoms in total. The van der Waals surface area contributed by atoms with Crippen molar-refractivity contribution in [3.8, 4) is 17.2 Å². The number of ether oxygens (including phenoxy) is 3. The lowest BCUT2D eigenvalue weighted by Gasteiger charge is -2.19. The molecule has 2 aromatic carbocycles. The fourth-order valence-corrected chi connectivity index (χ4v) is 3.93. The zero-order valence-electron chi connectivity index (χ0n) is 13.8. The Kier molecular flexibility index (Phi) is 4.38. The van der Waals surface area contributed by atoms with Crippen molar-refractivity contribution in [1.29, 1.82) is 0 Å². The molecule has 0 amide bonds. The van der Waals surface area contributed by atoms with Crippen molar-refractivity contribution in [2.45, 2.75) is 18.4 Å². The molecule has 2 aromatic rings. The maximum absolute atomic E-state index is 12.9. The minimum absolute atomic E-state index is 0.160. The van der Waals surface area contributed by atoms with Crippen LogP contribution in [0.25, 0.3) is 0 Å². The maximum Gasteiger partial charge on any atom is 0.246 e. The van der Waals surface area contributed by atoms with Crippen molar-refractivity contribution in [2.24, 2.45) is 0 Å². The predicted octanol–water partition coefficient (Wildman–Crippen LogP) is 2.55. The molecular weight excluding hydrogens is 330 g/mol. The molecule has 3 rings (SSSR count). The summed E-state index contributed by atoms with van der Waals surface area (Å²) in [4.78, 5) is 0.160. The Bertz CT molecular complexity index is 863. The monoisotopic (exact) mass is 349 g/mol. The van der Waals surface area contributed by atoms with Gasteiger partial charge in [-0.25, -0.2) is 8.42 Å². The molecular formula is C17H19NO5S. The Labute approximate surface area is 141 Å². The number of fused-ring (bicyclic) bond motifs is 1. The highest BCUT2D eigenvalue weighted by Gasteiger charge is 2.25. The summed E-state index contributed by atoms with van der Waals surface area (Å²) in [5.41, 5.74) is 1.67. The quantitative estimate of drug-likeness (QED) is 0.830. The van der Waals surface area contributed by atoms with Gasteiger partial charge in [0, 0.05) is 13.6 Å². The second-order valence-corrected chi connectivity index (χ2v) is 7.62. The van der Waals surface area contributed by atoms with Gasteiger partial charge in [0.05, 0.1) is 7.11 Å². The van der Waals surface area contributed by atoms with Crippen LogP contribution in [0, 0.1) is 6.92 Å². The summed E-state index contributed by atoms with van der Waals surface area (Å²) in [5, 5.41) is 0. The van der Waals surface area contributed by atoms with E-state index in [1.54, 1.807) is 31.3 Å². The highest BCUT2D eigenvalue weighted by molar-refractivity contribution is 7.89. The van der Waals surface area contributed by atoms with E-state index in [0.717, 1.165) is 11.1 Å². The van der Waals surface area contributed by atoms with E-state index in [-0.39, 0.29) is 18.2 Å². The molecule has 1 aliphatic heterocycles. The normalized spacial score (nSPS) is 13.3. The summed E-state index contributed by atoms with van der Waals surface area (Å²) >= 11 is 0. The number of methoxy groups -OCH3 is 1. The molecule has 0 radical (unpaired) electrons. The first-order valence-corrected chi connectivity index (χ1v) is 8.85. The number of aryl methyl sites for hydroxylation is 1. The number of rotatable bonds is 5. The predicted molar refractivity (Wildman–Crippen MR) is 88.9 cm³/mol. The van der Waals surface area contributed by atoms with Crippen LogP contribution < -0.4 is 14.2 Å². The van der Waals surface area contributed by atoms with Gasteiger partial charge >= 0.3 is 0 Å². The molecule has 0 aromatic heterocycles. The molecule has 1 heterocycles. The Morgan fingerprint density at radius 3 is 2.62 bits per heavy atom. The third kappa shape index (κ3) is 3.05. The molecule has 0 atom stereocenters. The molecule has 0 bridgehead atoms. The van der Waals surface area contributed by atoms with E-state index in [9.17, 15) is 8.42 Å². The minimum Gasteiger partial charge on any atom is -0.495 e. The Hall–Kier alpha value is -2.25. The first-order valence-electron chi connectivity index (χ1n) is 7.41. The van der Waals surface area contributed by atoms with Crippen molar-refractivity contribution in [2.75, 3.05) is 21.0 Å². The Balaban J connectivity index is 1.88. The van der Waals surface area contributed by atoms with Gasteiger partial charge in [0.1, 0.15) is 10.6 Å². The van der Waals surface area contributed by atoms with Crippen molar-refractivity contribution in [3.05, 3.63) is 47.5 Å². The lowest BCUT2D eigenvalue weighted by atomic mass is 10.2. The van der Waals surface area contributed by atoms with Crippen molar-refractivity contribution >= 4 is 10.0 Å². The van der Waals surface area contributed by atoms with Gasteiger partial charge in [-0.3, -0.25) is 0 Å². The average molecular weight is 349 g/mol. The Morgan fingerprint density at radius 1 is 1.12 bits per heavy atom. The van der Waals surface area contributed by atoms with Gasteiger partial charge < -0.3 is 14.2 Å². The van der Waals surface area contributed by atoms with Crippen LogP contribution in [-0.2, 0) is 16.6 Å². The van der Waals surface area contributed by atoms with Crippen molar-refractivity contribution in [3.63, 3.8) is 0 Å². The van der Waals surface area contributed by atoms with Gasteiger partial charge in [-0.2, -0.15) is 4.31 Å². The van der Waals surface area contributed by atoms with Crippen LogP contribution in [0.2, 0.25) is 0 Å². The van der Waals surface area contributed by atoms with Gasteiger partial charge in [0.2, 0.25) is 16.8 Å². The summed E-state index contributed by atoms with van der Waals surface area (Å²) in [7, 11) is -0.677. The van der Waals surface area contributed by atoms with Crippen LogP contribution >= 0.6 is 0 Å². The maximum atomic E-state index is 12.9. The Morgan fingerprint density at radius 2 is 1.88 bits per heavy atom. The zero-order chi connectivity index (χ0) is 17.3. The van der Waals surface area contributed by atoms with E-state index in [1.807, 2.05) is 19.1 Å². The molecule has 128 valence electrons. The fraction of sp³-hybridized carbons (Fsp3) is 0.294. The second kappa shape index (κ2) is 6.33. The molecule has 0 unspecified atom stereocenters. The number of hydrogen-bond donors (Lipinski definition) is 0. The first-order chi connectivity index (χ1) is 11.4. The van der Waals surface area contributed by atoms with Gasteiger partial charge in [0.15, 0.2) is 11.5 Å². The summed E-state index contributed by atoms with van der Waals surface area (Å²) in [6.07, 6.45) is 0. The summed E-state index contributed by atoms with van der Waals surface area (Å²) in [5.74, 6) is 1.63. The molecule has 0 fully saturated rings. The topological polar surface area (TPSA) is 65.1 Å². The number of nitrogens with zero attached hydrogens (tertiary/aromatic N) is 1. The highest BCUT2D eigenvalue weighted by Crippen LogP contribution is 2.33. The number of hydrogen-bond acceptors (Lipinski definition) is 5. The van der Waals surface area contributed by atoms with Crippen LogP contribution in [-0.4, -0.2) is 33.7 Å². The molecule has 7 heteroatoms. The number of sulfonamides is 1. The third-order valence-corrected chi connectivity index (χ3v) is 5.67. The zero-order valence-corrected chi connectivity index (χ0v) is 14.6. The van der Waals surface area contributed by atoms with Gasteiger partial charge in [-0.1, -0.05) is 12.1 Å². The molecule has 1 aliphatic rings. The van der Waals surface area contributed by atoms with E-state index in [2.05, 4.69) is 0 Å². The van der Waals surface area contributed by atoms with E-state index in [0.29, 0.717) is 17.2 Å². The highest BCUT2D eigenvalue weighted by atomic mass is 32.2. The molecule has 0 saturated carbocycles. The molecule has 0 saturated heterocycles. The standard InChI is InChI=1S/C17H19NO5S/c1-12-4-6-15(21-3)17(8-12)24(19,20)18(2)10-13-5-7-14-16(9-13)23-11-22-14/h4-9H,10-11H2,1-3H3. The van der Waals surface area contributed by atoms with Crippen LogP contribution in [0.4, 0.5) is 0 Å². The van der Waals surface area contributed by atoms with E-state index in [1.165, 1.54) is 11.4 Å².